The Labute approximate surface area is 112 Å². The summed E-state index contributed by atoms with van der Waals surface area (Å²) in [7, 11) is -2.11. The first-order valence-electron chi connectivity index (χ1n) is 5.03. The van der Waals surface area contributed by atoms with E-state index in [0.29, 0.717) is 6.42 Å². The Hall–Kier alpha value is -1.26. The summed E-state index contributed by atoms with van der Waals surface area (Å²) in [6.45, 7) is 0.266. The lowest BCUT2D eigenvalue weighted by Gasteiger charge is -2.05. The van der Waals surface area contributed by atoms with Gasteiger partial charge in [0.25, 0.3) is 10.0 Å². The third-order valence-electron chi connectivity index (χ3n) is 2.23. The van der Waals surface area contributed by atoms with E-state index >= 15 is 0 Å². The first-order valence-corrected chi connectivity index (χ1v) is 7.30. The van der Waals surface area contributed by atoms with E-state index < -0.39 is 10.0 Å². The van der Waals surface area contributed by atoms with E-state index in [-0.39, 0.29) is 16.2 Å². The van der Waals surface area contributed by atoms with Crippen LogP contribution in [0.2, 0.25) is 0 Å². The minimum absolute atomic E-state index is 0.00658. The van der Waals surface area contributed by atoms with Gasteiger partial charge in [-0.3, -0.25) is 0 Å². The lowest BCUT2D eigenvalue weighted by atomic mass is 10.3. The van der Waals surface area contributed by atoms with Crippen LogP contribution in [0.15, 0.2) is 22.2 Å². The molecule has 18 heavy (non-hydrogen) atoms. The van der Waals surface area contributed by atoms with Crippen LogP contribution >= 0.6 is 15.9 Å². The van der Waals surface area contributed by atoms with E-state index in [1.165, 1.54) is 11.7 Å². The number of halogens is 1. The van der Waals surface area contributed by atoms with Gasteiger partial charge in [0.15, 0.2) is 4.60 Å². The van der Waals surface area contributed by atoms with Crippen molar-refractivity contribution in [2.45, 2.75) is 11.4 Å². The van der Waals surface area contributed by atoms with Gasteiger partial charge >= 0.3 is 0 Å². The molecule has 0 bridgehead atoms. The van der Waals surface area contributed by atoms with E-state index in [4.69, 9.17) is 0 Å². The quantitative estimate of drug-likeness (QED) is 0.789. The van der Waals surface area contributed by atoms with Crippen LogP contribution < -0.4 is 4.72 Å². The van der Waals surface area contributed by atoms with Gasteiger partial charge in [0.1, 0.15) is 0 Å². The maximum Gasteiger partial charge on any atom is 0.260 e. The smallest absolute Gasteiger partial charge is 0.260 e. The Kier molecular flexibility index (Phi) is 3.78. The van der Waals surface area contributed by atoms with Gasteiger partial charge in [-0.2, -0.15) is 0 Å². The molecule has 2 N–H and O–H groups in total. The number of rotatable bonds is 5. The molecular weight excluding hydrogens is 324 g/mol. The Bertz CT molecular complexity index is 601. The van der Waals surface area contributed by atoms with Gasteiger partial charge in [-0.15, -0.1) is 5.10 Å². The van der Waals surface area contributed by atoms with E-state index in [9.17, 15) is 8.42 Å². The summed E-state index contributed by atoms with van der Waals surface area (Å²) in [4.78, 5) is 6.75. The van der Waals surface area contributed by atoms with Crippen molar-refractivity contribution in [3.63, 3.8) is 0 Å². The summed E-state index contributed by atoms with van der Waals surface area (Å²) in [6.07, 6.45) is 3.73. The molecule has 0 aromatic carbocycles. The summed E-state index contributed by atoms with van der Waals surface area (Å²) < 4.78 is 27.9. The molecule has 0 saturated carbocycles. The van der Waals surface area contributed by atoms with Gasteiger partial charge in [-0.25, -0.2) is 22.8 Å². The monoisotopic (exact) mass is 334 g/mol. The van der Waals surface area contributed by atoms with E-state index in [1.807, 2.05) is 0 Å². The third kappa shape index (κ3) is 2.76. The molecule has 0 atom stereocenters. The highest BCUT2D eigenvalue weighted by molar-refractivity contribution is 9.10. The summed E-state index contributed by atoms with van der Waals surface area (Å²) in [5.74, 6) is 0. The van der Waals surface area contributed by atoms with Crippen molar-refractivity contribution >= 4 is 26.0 Å². The molecule has 98 valence electrons. The standard InChI is InChI=1S/C8H11BrN6O2S/c1-15-8(7(9)13-14-15)18(16,17)12-3-2-6-4-10-5-11-6/h4-5,12H,2-3H2,1H3,(H,10,11). The molecule has 0 unspecified atom stereocenters. The molecule has 0 fully saturated rings. The number of aryl methyl sites for hydroxylation is 1. The molecule has 0 saturated heterocycles. The number of H-pyrrole nitrogens is 1. The van der Waals surface area contributed by atoms with Crippen LogP contribution in [0.1, 0.15) is 5.69 Å². The van der Waals surface area contributed by atoms with Crippen LogP contribution in [0.3, 0.4) is 0 Å². The summed E-state index contributed by atoms with van der Waals surface area (Å²) >= 11 is 3.05. The molecule has 0 aliphatic rings. The van der Waals surface area contributed by atoms with Crippen molar-refractivity contribution in [2.24, 2.45) is 7.05 Å². The number of nitrogens with zero attached hydrogens (tertiary/aromatic N) is 4. The van der Waals surface area contributed by atoms with Crippen molar-refractivity contribution in [3.8, 4) is 0 Å². The lowest BCUT2D eigenvalue weighted by Crippen LogP contribution is -2.28. The summed E-state index contributed by atoms with van der Waals surface area (Å²) in [6, 6.07) is 0. The molecule has 8 nitrogen and oxygen atoms in total. The van der Waals surface area contributed by atoms with Crippen molar-refractivity contribution in [2.75, 3.05) is 6.54 Å². The maximum atomic E-state index is 12.0. The average Bonchev–Trinajstić information content (AvgIpc) is 2.89. The van der Waals surface area contributed by atoms with Crippen LogP contribution in [0.4, 0.5) is 0 Å². The second-order valence-corrected chi connectivity index (χ2v) is 5.97. The average molecular weight is 335 g/mol. The van der Waals surface area contributed by atoms with Gasteiger partial charge < -0.3 is 4.98 Å². The fourth-order valence-corrected chi connectivity index (χ4v) is 3.54. The Morgan fingerprint density at radius 2 is 2.33 bits per heavy atom. The molecule has 0 aliphatic heterocycles. The predicted molar refractivity (Wildman–Crippen MR) is 66.2 cm³/mol. The Morgan fingerprint density at radius 1 is 1.56 bits per heavy atom. The minimum Gasteiger partial charge on any atom is -0.348 e. The summed E-state index contributed by atoms with van der Waals surface area (Å²) in [5.41, 5.74) is 0.861. The van der Waals surface area contributed by atoms with Gasteiger partial charge in [-0.1, -0.05) is 5.21 Å². The first kappa shape index (κ1) is 13.2. The van der Waals surface area contributed by atoms with Crippen molar-refractivity contribution in [1.82, 2.24) is 29.7 Å². The number of sulfonamides is 1. The number of aromatic nitrogens is 5. The maximum absolute atomic E-state index is 12.0. The topological polar surface area (TPSA) is 106 Å². The molecule has 2 heterocycles. The largest absolute Gasteiger partial charge is 0.348 e. The minimum atomic E-state index is -3.62. The number of nitrogens with one attached hydrogen (secondary N) is 2. The Balaban J connectivity index is 2.04. The highest BCUT2D eigenvalue weighted by atomic mass is 79.9. The van der Waals surface area contributed by atoms with Crippen molar-refractivity contribution in [3.05, 3.63) is 22.8 Å². The molecule has 10 heteroatoms. The molecule has 2 aromatic rings. The van der Waals surface area contributed by atoms with Crippen LogP contribution in [0.25, 0.3) is 0 Å². The number of imidazole rings is 1. The molecule has 0 amide bonds. The number of hydrogen-bond acceptors (Lipinski definition) is 5. The molecular formula is C8H11BrN6O2S. The number of hydrogen-bond donors (Lipinski definition) is 2. The zero-order valence-electron chi connectivity index (χ0n) is 9.46. The second-order valence-electron chi connectivity index (χ2n) is 3.53. The second kappa shape index (κ2) is 5.16. The van der Waals surface area contributed by atoms with E-state index in [2.05, 4.69) is 40.9 Å². The lowest BCUT2D eigenvalue weighted by molar-refractivity contribution is 0.560. The van der Waals surface area contributed by atoms with Gasteiger partial charge in [-0.05, 0) is 15.9 Å². The third-order valence-corrected chi connectivity index (χ3v) is 4.58. The SMILES string of the molecule is Cn1nnc(Br)c1S(=O)(=O)NCCc1cnc[nH]1. The molecule has 0 radical (unpaired) electrons. The van der Waals surface area contributed by atoms with Crippen LogP contribution in [0.5, 0.6) is 0 Å². The zero-order chi connectivity index (χ0) is 13.2. The molecule has 2 rings (SSSR count). The Morgan fingerprint density at radius 3 is 2.89 bits per heavy atom. The fraction of sp³-hybridized carbons (Fsp3) is 0.375. The van der Waals surface area contributed by atoms with Crippen molar-refractivity contribution < 1.29 is 8.42 Å². The van der Waals surface area contributed by atoms with Crippen LogP contribution in [-0.2, 0) is 23.5 Å². The van der Waals surface area contributed by atoms with Gasteiger partial charge in [0.05, 0.1) is 6.33 Å². The predicted octanol–water partition coefficient (Wildman–Crippen LogP) is -0.178. The van der Waals surface area contributed by atoms with E-state index in [1.54, 1.807) is 12.5 Å². The molecule has 0 spiro atoms. The zero-order valence-corrected chi connectivity index (χ0v) is 11.9. The van der Waals surface area contributed by atoms with E-state index in [0.717, 1.165) is 5.69 Å². The first-order chi connectivity index (χ1) is 8.50. The molecule has 0 aliphatic carbocycles. The highest BCUT2D eigenvalue weighted by Gasteiger charge is 2.23. The van der Waals surface area contributed by atoms with Gasteiger partial charge in [0, 0.05) is 31.9 Å². The summed E-state index contributed by atoms with van der Waals surface area (Å²) in [5, 5.41) is 7.27. The fourth-order valence-electron chi connectivity index (χ4n) is 1.42. The van der Waals surface area contributed by atoms with Crippen molar-refractivity contribution in [1.29, 1.82) is 0 Å². The normalized spacial score (nSPS) is 11.9. The highest BCUT2D eigenvalue weighted by Crippen LogP contribution is 2.17. The van der Waals surface area contributed by atoms with Crippen LogP contribution in [0, 0.1) is 0 Å². The molecule has 2 aromatic heterocycles. The number of aromatic amines is 1. The van der Waals surface area contributed by atoms with Gasteiger partial charge in [0.2, 0.25) is 5.03 Å². The van der Waals surface area contributed by atoms with Crippen LogP contribution in [-0.4, -0.2) is 39.9 Å².